The molecular weight excluding hydrogens is 337 g/mol. The largest absolute Gasteiger partial charge is 0.465 e. The first-order chi connectivity index (χ1) is 10.5. The van der Waals surface area contributed by atoms with Gasteiger partial charge in [-0.25, -0.2) is 17.9 Å². The minimum absolute atomic E-state index is 0.0634. The standard InChI is InChI=1S/C13H17F3N2O4S/c1-10(8-23(21,22)17-9-13(14,15)16)18(12(19)20)7-11-5-3-2-4-6-11/h2-6,10,17H,7-9H2,1H3,(H,19,20)/t10-/m1/s1. The maximum Gasteiger partial charge on any atom is 0.407 e. The average molecular weight is 354 g/mol. The van der Waals surface area contributed by atoms with E-state index in [1.165, 1.54) is 11.6 Å². The molecule has 0 saturated heterocycles. The molecule has 1 rings (SSSR count). The highest BCUT2D eigenvalue weighted by Crippen LogP contribution is 2.14. The number of carbonyl (C=O) groups is 1. The van der Waals surface area contributed by atoms with Gasteiger partial charge in [0.1, 0.15) is 6.54 Å². The normalized spacial score (nSPS) is 13.6. The van der Waals surface area contributed by atoms with E-state index in [4.69, 9.17) is 0 Å². The first-order valence-corrected chi connectivity index (χ1v) is 8.23. The molecule has 0 unspecified atom stereocenters. The maximum atomic E-state index is 12.1. The van der Waals surface area contributed by atoms with Crippen molar-refractivity contribution in [3.05, 3.63) is 35.9 Å². The van der Waals surface area contributed by atoms with Crippen molar-refractivity contribution >= 4 is 16.1 Å². The van der Waals surface area contributed by atoms with E-state index in [2.05, 4.69) is 0 Å². The molecule has 0 heterocycles. The van der Waals surface area contributed by atoms with Crippen LogP contribution in [0, 0.1) is 0 Å². The molecule has 1 amide bonds. The van der Waals surface area contributed by atoms with Crippen molar-refractivity contribution in [2.45, 2.75) is 25.7 Å². The molecule has 0 aliphatic rings. The third-order valence-electron chi connectivity index (χ3n) is 2.93. The lowest BCUT2D eigenvalue weighted by Crippen LogP contribution is -2.45. The Labute approximate surface area is 132 Å². The van der Waals surface area contributed by atoms with Gasteiger partial charge in [0.25, 0.3) is 0 Å². The molecule has 0 aliphatic heterocycles. The molecule has 1 atom stereocenters. The van der Waals surface area contributed by atoms with E-state index >= 15 is 0 Å². The molecule has 10 heteroatoms. The van der Waals surface area contributed by atoms with Crippen molar-refractivity contribution in [2.75, 3.05) is 12.3 Å². The summed E-state index contributed by atoms with van der Waals surface area (Å²) in [6, 6.07) is 7.45. The molecule has 23 heavy (non-hydrogen) atoms. The monoisotopic (exact) mass is 354 g/mol. The second-order valence-corrected chi connectivity index (χ2v) is 6.81. The van der Waals surface area contributed by atoms with E-state index in [-0.39, 0.29) is 6.54 Å². The number of nitrogens with zero attached hydrogens (tertiary/aromatic N) is 1. The zero-order chi connectivity index (χ0) is 17.7. The molecule has 0 bridgehead atoms. The van der Waals surface area contributed by atoms with Gasteiger partial charge in [-0.3, -0.25) is 0 Å². The Hall–Kier alpha value is -1.81. The van der Waals surface area contributed by atoms with Crippen molar-refractivity contribution in [1.82, 2.24) is 9.62 Å². The fraction of sp³-hybridized carbons (Fsp3) is 0.462. The van der Waals surface area contributed by atoms with Gasteiger partial charge < -0.3 is 10.0 Å². The Balaban J connectivity index is 2.74. The van der Waals surface area contributed by atoms with Crippen molar-refractivity contribution in [1.29, 1.82) is 0 Å². The number of halogens is 3. The smallest absolute Gasteiger partial charge is 0.407 e. The van der Waals surface area contributed by atoms with Crippen LogP contribution in [0.1, 0.15) is 12.5 Å². The molecule has 0 spiro atoms. The van der Waals surface area contributed by atoms with Crippen LogP contribution in [0.4, 0.5) is 18.0 Å². The summed E-state index contributed by atoms with van der Waals surface area (Å²) in [5, 5.41) is 9.19. The van der Waals surface area contributed by atoms with Gasteiger partial charge in [0.15, 0.2) is 0 Å². The first-order valence-electron chi connectivity index (χ1n) is 6.58. The molecule has 0 aliphatic carbocycles. The molecule has 0 fully saturated rings. The highest BCUT2D eigenvalue weighted by atomic mass is 32.2. The number of amides is 1. The number of rotatable bonds is 7. The second kappa shape index (κ2) is 7.64. The Morgan fingerprint density at radius 3 is 2.35 bits per heavy atom. The van der Waals surface area contributed by atoms with Crippen LogP contribution in [0.25, 0.3) is 0 Å². The second-order valence-electron chi connectivity index (χ2n) is 4.96. The quantitative estimate of drug-likeness (QED) is 0.784. The summed E-state index contributed by atoms with van der Waals surface area (Å²) in [7, 11) is -4.26. The number of nitrogens with one attached hydrogen (secondary N) is 1. The zero-order valence-electron chi connectivity index (χ0n) is 12.2. The minimum atomic E-state index is -4.67. The van der Waals surface area contributed by atoms with Crippen LogP contribution in [-0.2, 0) is 16.6 Å². The number of hydrogen-bond acceptors (Lipinski definition) is 3. The van der Waals surface area contributed by atoms with E-state index < -0.39 is 40.6 Å². The topological polar surface area (TPSA) is 86.7 Å². The van der Waals surface area contributed by atoms with Gasteiger partial charge in [-0.2, -0.15) is 13.2 Å². The fourth-order valence-corrected chi connectivity index (χ4v) is 3.17. The molecule has 1 aromatic rings. The van der Waals surface area contributed by atoms with Crippen molar-refractivity contribution in [2.24, 2.45) is 0 Å². The summed E-state index contributed by atoms with van der Waals surface area (Å²) in [5.74, 6) is -0.762. The van der Waals surface area contributed by atoms with Crippen molar-refractivity contribution in [3.63, 3.8) is 0 Å². The lowest BCUT2D eigenvalue weighted by Gasteiger charge is -2.26. The van der Waals surface area contributed by atoms with Crippen LogP contribution in [0.2, 0.25) is 0 Å². The van der Waals surface area contributed by atoms with Crippen molar-refractivity contribution < 1.29 is 31.5 Å². The Kier molecular flexibility index (Phi) is 6.39. The van der Waals surface area contributed by atoms with E-state index in [1.807, 2.05) is 0 Å². The molecule has 6 nitrogen and oxygen atoms in total. The summed E-state index contributed by atoms with van der Waals surface area (Å²) in [5.41, 5.74) is 0.641. The van der Waals surface area contributed by atoms with Crippen LogP contribution in [0.15, 0.2) is 30.3 Å². The maximum absolute atomic E-state index is 12.1. The SMILES string of the molecule is C[C@H](CS(=O)(=O)NCC(F)(F)F)N(Cc1ccccc1)C(=O)O. The summed E-state index contributed by atoms with van der Waals surface area (Å²) in [6.45, 7) is -0.427. The Morgan fingerprint density at radius 1 is 1.30 bits per heavy atom. The lowest BCUT2D eigenvalue weighted by molar-refractivity contribution is -0.121. The third-order valence-corrected chi connectivity index (χ3v) is 4.43. The summed E-state index contributed by atoms with van der Waals surface area (Å²) >= 11 is 0. The van der Waals surface area contributed by atoms with Gasteiger partial charge >= 0.3 is 12.3 Å². The molecule has 0 saturated carbocycles. The molecular formula is C13H17F3N2O4S. The summed E-state index contributed by atoms with van der Waals surface area (Å²) in [4.78, 5) is 12.1. The van der Waals surface area contributed by atoms with Crippen LogP contribution in [0.5, 0.6) is 0 Å². The zero-order valence-corrected chi connectivity index (χ0v) is 13.1. The van der Waals surface area contributed by atoms with Gasteiger partial charge in [0.05, 0.1) is 5.75 Å². The number of sulfonamides is 1. The minimum Gasteiger partial charge on any atom is -0.465 e. The van der Waals surface area contributed by atoms with Crippen LogP contribution in [0.3, 0.4) is 0 Å². The molecule has 0 radical (unpaired) electrons. The fourth-order valence-electron chi connectivity index (χ4n) is 1.85. The molecule has 130 valence electrons. The highest BCUT2D eigenvalue weighted by Gasteiger charge is 2.31. The molecule has 0 aromatic heterocycles. The van der Waals surface area contributed by atoms with Crippen LogP contribution >= 0.6 is 0 Å². The van der Waals surface area contributed by atoms with E-state index in [1.54, 1.807) is 30.3 Å². The molecule has 1 aromatic carbocycles. The number of hydrogen-bond donors (Lipinski definition) is 2. The number of alkyl halides is 3. The van der Waals surface area contributed by atoms with Gasteiger partial charge in [0.2, 0.25) is 10.0 Å². The first kappa shape index (κ1) is 19.2. The van der Waals surface area contributed by atoms with Crippen LogP contribution < -0.4 is 4.72 Å². The Morgan fingerprint density at radius 2 is 1.87 bits per heavy atom. The Bertz CT molecular complexity index is 620. The van der Waals surface area contributed by atoms with Crippen LogP contribution in [-0.4, -0.2) is 49.0 Å². The third kappa shape index (κ3) is 7.33. The van der Waals surface area contributed by atoms with Gasteiger partial charge in [-0.15, -0.1) is 0 Å². The predicted octanol–water partition coefficient (Wildman–Crippen LogP) is 2.04. The van der Waals surface area contributed by atoms with Gasteiger partial charge in [0, 0.05) is 12.6 Å². The van der Waals surface area contributed by atoms with Gasteiger partial charge in [-0.05, 0) is 12.5 Å². The number of carboxylic acid groups (broad SMARTS) is 1. The van der Waals surface area contributed by atoms with E-state index in [0.29, 0.717) is 5.56 Å². The van der Waals surface area contributed by atoms with Crippen molar-refractivity contribution in [3.8, 4) is 0 Å². The summed E-state index contributed by atoms with van der Waals surface area (Å²) < 4.78 is 60.9. The lowest BCUT2D eigenvalue weighted by atomic mass is 10.2. The van der Waals surface area contributed by atoms with E-state index in [9.17, 15) is 31.5 Å². The average Bonchev–Trinajstić information content (AvgIpc) is 2.42. The van der Waals surface area contributed by atoms with E-state index in [0.717, 1.165) is 4.90 Å². The predicted molar refractivity (Wildman–Crippen MR) is 77.3 cm³/mol. The number of benzene rings is 1. The highest BCUT2D eigenvalue weighted by molar-refractivity contribution is 7.89. The molecule has 2 N–H and O–H groups in total. The summed E-state index contributed by atoms with van der Waals surface area (Å²) in [6.07, 6.45) is -6.03. The van der Waals surface area contributed by atoms with Gasteiger partial charge in [-0.1, -0.05) is 30.3 Å².